The van der Waals surface area contributed by atoms with Crippen molar-refractivity contribution in [3.63, 3.8) is 0 Å². The number of fused-ring (bicyclic) bond motifs is 10. The number of benzene rings is 4. The van der Waals surface area contributed by atoms with Crippen molar-refractivity contribution in [1.82, 2.24) is 38.0 Å². The van der Waals surface area contributed by atoms with Crippen LogP contribution in [0.4, 0.5) is 0 Å². The van der Waals surface area contributed by atoms with Crippen LogP contribution in [-0.4, -0.2) is 38.0 Å². The smallest absolute Gasteiger partial charge is 0.182 e. The van der Waals surface area contributed by atoms with E-state index >= 15 is 0 Å². The van der Waals surface area contributed by atoms with Gasteiger partial charge in [-0.25, -0.2) is 19.0 Å². The van der Waals surface area contributed by atoms with Crippen molar-refractivity contribution >= 4 is 65.9 Å². The standard InChI is InChI=1S/C36H20N8/c1-3-11-25-21(9-1)31-23(35-37-29-13-5-7-19-41(29)39-35)15-17-27-33(31)43(25)28-18-16-24(36-38-30-14-6-8-20-42(30)40-36)32-22-10-2-4-12-26(22)44(27)34(28)32/h1-20H. The van der Waals surface area contributed by atoms with Gasteiger partial charge in [0.1, 0.15) is 0 Å². The van der Waals surface area contributed by atoms with E-state index in [4.69, 9.17) is 20.2 Å². The zero-order valence-corrected chi connectivity index (χ0v) is 23.1. The number of para-hydroxylation sites is 2. The third-order valence-electron chi connectivity index (χ3n) is 9.04. The first kappa shape index (κ1) is 22.3. The summed E-state index contributed by atoms with van der Waals surface area (Å²) in [5.41, 5.74) is 10.5. The third-order valence-corrected chi connectivity index (χ3v) is 9.04. The predicted molar refractivity (Wildman–Crippen MR) is 174 cm³/mol. The minimum absolute atomic E-state index is 0.715. The number of aromatic nitrogens is 8. The van der Waals surface area contributed by atoms with E-state index in [1.807, 2.05) is 57.8 Å². The molecule has 0 amide bonds. The molecular formula is C36H20N8. The van der Waals surface area contributed by atoms with Gasteiger partial charge in [0.2, 0.25) is 0 Å². The molecule has 0 bridgehead atoms. The average molecular weight is 565 g/mol. The van der Waals surface area contributed by atoms with Crippen LogP contribution in [0.15, 0.2) is 122 Å². The second kappa shape index (κ2) is 7.76. The lowest BCUT2D eigenvalue weighted by atomic mass is 10.0. The summed E-state index contributed by atoms with van der Waals surface area (Å²) < 4.78 is 8.52. The summed E-state index contributed by atoms with van der Waals surface area (Å²) in [6, 6.07) is 38.0. The van der Waals surface area contributed by atoms with E-state index < -0.39 is 0 Å². The molecule has 7 aromatic heterocycles. The number of pyridine rings is 2. The van der Waals surface area contributed by atoms with Crippen LogP contribution in [0.5, 0.6) is 0 Å². The largest absolute Gasteiger partial charge is 0.305 e. The molecule has 0 aliphatic rings. The average Bonchev–Trinajstić information content (AvgIpc) is 3.85. The molecule has 0 fully saturated rings. The van der Waals surface area contributed by atoms with Crippen molar-refractivity contribution in [1.29, 1.82) is 0 Å². The van der Waals surface area contributed by atoms with E-state index in [2.05, 4.69) is 81.6 Å². The molecule has 4 aromatic carbocycles. The van der Waals surface area contributed by atoms with Crippen LogP contribution >= 0.6 is 0 Å². The summed E-state index contributed by atoms with van der Waals surface area (Å²) >= 11 is 0. The van der Waals surface area contributed by atoms with E-state index in [0.717, 1.165) is 66.3 Å². The Bertz CT molecular complexity index is 2690. The van der Waals surface area contributed by atoms with Crippen molar-refractivity contribution in [2.45, 2.75) is 0 Å². The zero-order valence-electron chi connectivity index (χ0n) is 23.1. The molecule has 8 heteroatoms. The first-order valence-corrected chi connectivity index (χ1v) is 14.6. The lowest BCUT2D eigenvalue weighted by Crippen LogP contribution is -1.98. The lowest BCUT2D eigenvalue weighted by Gasteiger charge is -2.13. The van der Waals surface area contributed by atoms with Crippen molar-refractivity contribution in [3.8, 4) is 22.8 Å². The monoisotopic (exact) mass is 564 g/mol. The topological polar surface area (TPSA) is 69.2 Å². The molecule has 0 aliphatic heterocycles. The van der Waals surface area contributed by atoms with Crippen LogP contribution < -0.4 is 0 Å². The summed E-state index contributed by atoms with van der Waals surface area (Å²) in [6.07, 6.45) is 3.89. The van der Waals surface area contributed by atoms with E-state index in [0.29, 0.717) is 11.6 Å². The van der Waals surface area contributed by atoms with Gasteiger partial charge in [0.25, 0.3) is 0 Å². The molecule has 0 spiro atoms. The highest BCUT2D eigenvalue weighted by Gasteiger charge is 2.26. The lowest BCUT2D eigenvalue weighted by molar-refractivity contribution is 0.966. The Morgan fingerprint density at radius 2 is 0.864 bits per heavy atom. The number of hydrogen-bond donors (Lipinski definition) is 0. The summed E-state index contributed by atoms with van der Waals surface area (Å²) in [6.45, 7) is 0. The molecule has 0 unspecified atom stereocenters. The van der Waals surface area contributed by atoms with E-state index in [-0.39, 0.29) is 0 Å². The normalized spacial score (nSPS) is 12.5. The minimum Gasteiger partial charge on any atom is -0.305 e. The van der Waals surface area contributed by atoms with Crippen LogP contribution in [0, 0.1) is 0 Å². The Hall–Kier alpha value is -6.28. The first-order valence-electron chi connectivity index (χ1n) is 14.6. The van der Waals surface area contributed by atoms with Gasteiger partial charge in [0, 0.05) is 45.1 Å². The highest BCUT2D eigenvalue weighted by molar-refractivity contribution is 6.26. The molecule has 44 heavy (non-hydrogen) atoms. The fourth-order valence-corrected chi connectivity index (χ4v) is 7.28. The summed E-state index contributed by atoms with van der Waals surface area (Å²) in [7, 11) is 0. The van der Waals surface area contributed by atoms with Gasteiger partial charge < -0.3 is 8.80 Å². The Balaban J connectivity index is 1.36. The molecule has 0 saturated heterocycles. The molecule has 0 aliphatic carbocycles. The van der Waals surface area contributed by atoms with Crippen molar-refractivity contribution in [2.75, 3.05) is 0 Å². The van der Waals surface area contributed by atoms with Gasteiger partial charge in [0.05, 0.1) is 33.1 Å². The maximum atomic E-state index is 4.93. The molecular weight excluding hydrogens is 544 g/mol. The molecule has 0 atom stereocenters. The number of rotatable bonds is 2. The quantitative estimate of drug-likeness (QED) is 0.202. The second-order valence-corrected chi connectivity index (χ2v) is 11.3. The highest BCUT2D eigenvalue weighted by Crippen LogP contribution is 2.45. The number of nitrogens with zero attached hydrogens (tertiary/aromatic N) is 8. The van der Waals surface area contributed by atoms with Gasteiger partial charge in [-0.2, -0.15) is 0 Å². The summed E-state index contributed by atoms with van der Waals surface area (Å²) in [5.74, 6) is 1.43. The fraction of sp³-hybridized carbons (Fsp3) is 0. The second-order valence-electron chi connectivity index (χ2n) is 11.3. The van der Waals surface area contributed by atoms with Gasteiger partial charge in [-0.15, -0.1) is 10.2 Å². The third kappa shape index (κ3) is 2.64. The Morgan fingerprint density at radius 1 is 0.409 bits per heavy atom. The Morgan fingerprint density at radius 3 is 1.34 bits per heavy atom. The van der Waals surface area contributed by atoms with E-state index in [1.54, 1.807) is 0 Å². The van der Waals surface area contributed by atoms with Gasteiger partial charge in [-0.05, 0) is 60.7 Å². The first-order chi connectivity index (χ1) is 21.8. The maximum Gasteiger partial charge on any atom is 0.182 e. The van der Waals surface area contributed by atoms with Gasteiger partial charge in [-0.3, -0.25) is 0 Å². The molecule has 11 aromatic rings. The van der Waals surface area contributed by atoms with Crippen LogP contribution in [0.1, 0.15) is 0 Å². The summed E-state index contributed by atoms with van der Waals surface area (Å²) in [5, 5.41) is 14.4. The predicted octanol–water partition coefficient (Wildman–Crippen LogP) is 7.66. The number of hydrogen-bond acceptors (Lipinski definition) is 4. The van der Waals surface area contributed by atoms with Crippen LogP contribution in [0.2, 0.25) is 0 Å². The highest BCUT2D eigenvalue weighted by atomic mass is 15.3. The fourth-order valence-electron chi connectivity index (χ4n) is 7.28. The van der Waals surface area contributed by atoms with E-state index in [1.165, 1.54) is 10.8 Å². The Labute approximate surface area is 248 Å². The van der Waals surface area contributed by atoms with Gasteiger partial charge in [0.15, 0.2) is 22.9 Å². The molecule has 8 nitrogen and oxygen atoms in total. The maximum absolute atomic E-state index is 4.93. The van der Waals surface area contributed by atoms with Gasteiger partial charge >= 0.3 is 0 Å². The summed E-state index contributed by atoms with van der Waals surface area (Å²) in [4.78, 5) is 9.86. The van der Waals surface area contributed by atoms with E-state index in [9.17, 15) is 0 Å². The molecule has 0 N–H and O–H groups in total. The van der Waals surface area contributed by atoms with Crippen molar-refractivity contribution < 1.29 is 0 Å². The molecule has 7 heterocycles. The van der Waals surface area contributed by atoms with Gasteiger partial charge in [-0.1, -0.05) is 48.5 Å². The zero-order chi connectivity index (χ0) is 28.5. The minimum atomic E-state index is 0.715. The molecule has 0 saturated carbocycles. The van der Waals surface area contributed by atoms with Crippen LogP contribution in [0.25, 0.3) is 88.7 Å². The molecule has 11 rings (SSSR count). The van der Waals surface area contributed by atoms with Crippen LogP contribution in [-0.2, 0) is 0 Å². The molecule has 0 radical (unpaired) electrons. The van der Waals surface area contributed by atoms with Crippen molar-refractivity contribution in [2.24, 2.45) is 0 Å². The molecule has 204 valence electrons. The van der Waals surface area contributed by atoms with Crippen molar-refractivity contribution in [3.05, 3.63) is 122 Å². The Kier molecular flexibility index (Phi) is 3.94. The SMILES string of the molecule is c1ccc2c(c1)c1c(-c3nc4ccccn4n3)ccc3c1n2c1ccc(-c2nc4ccccn4n2)c2c4ccccc4n3c21. The van der Waals surface area contributed by atoms with Crippen LogP contribution in [0.3, 0.4) is 0 Å².